The van der Waals surface area contributed by atoms with Crippen LogP contribution in [0.15, 0.2) is 48.6 Å². The molecule has 0 fully saturated rings. The van der Waals surface area contributed by atoms with Crippen LogP contribution in [0.3, 0.4) is 0 Å². The van der Waals surface area contributed by atoms with E-state index in [-0.39, 0.29) is 31.1 Å². The van der Waals surface area contributed by atoms with Crippen LogP contribution in [0, 0.1) is 0 Å². The second kappa shape index (κ2) is 68.9. The maximum atomic E-state index is 12.9. The summed E-state index contributed by atoms with van der Waals surface area (Å²) in [7, 11) is 0. The van der Waals surface area contributed by atoms with Gasteiger partial charge in [0.05, 0.1) is 0 Å². The summed E-state index contributed by atoms with van der Waals surface area (Å²) in [6.45, 7) is 6.58. The molecule has 0 aliphatic rings. The third-order valence-electron chi connectivity index (χ3n) is 16.1. The molecule has 0 aromatic carbocycles. The van der Waals surface area contributed by atoms with Gasteiger partial charge in [0.25, 0.3) is 0 Å². The van der Waals surface area contributed by atoms with Crippen molar-refractivity contribution >= 4 is 17.9 Å². The van der Waals surface area contributed by atoms with E-state index in [1.54, 1.807) is 0 Å². The molecule has 0 saturated heterocycles. The van der Waals surface area contributed by atoms with Crippen LogP contribution >= 0.6 is 0 Å². The lowest BCUT2D eigenvalue weighted by Gasteiger charge is -2.18. The van der Waals surface area contributed by atoms with Gasteiger partial charge in [0.15, 0.2) is 6.10 Å². The van der Waals surface area contributed by atoms with Crippen molar-refractivity contribution in [3.05, 3.63) is 48.6 Å². The molecule has 0 amide bonds. The maximum absolute atomic E-state index is 12.9. The monoisotopic (exact) mass is 1120 g/mol. The van der Waals surface area contributed by atoms with Gasteiger partial charge in [-0.2, -0.15) is 0 Å². The van der Waals surface area contributed by atoms with Gasteiger partial charge in [-0.25, -0.2) is 0 Å². The number of hydrogen-bond donors (Lipinski definition) is 0. The second-order valence-electron chi connectivity index (χ2n) is 24.1. The lowest BCUT2D eigenvalue weighted by molar-refractivity contribution is -0.167. The second-order valence-corrected chi connectivity index (χ2v) is 24.1. The Morgan fingerprint density at radius 3 is 0.762 bits per heavy atom. The van der Waals surface area contributed by atoms with Crippen molar-refractivity contribution in [1.82, 2.24) is 0 Å². The fraction of sp³-hybridized carbons (Fsp3) is 0.851. The third-order valence-corrected chi connectivity index (χ3v) is 16.1. The van der Waals surface area contributed by atoms with E-state index in [9.17, 15) is 14.4 Å². The highest BCUT2D eigenvalue weighted by atomic mass is 16.6. The summed E-state index contributed by atoms with van der Waals surface area (Å²) in [5, 5.41) is 0. The predicted octanol–water partition coefficient (Wildman–Crippen LogP) is 24.5. The SMILES string of the molecule is CC/C=C\C/C=C\C/C=C\C/C=C\CCCCCCC(=O)OC(COC(=O)CCCCCCCCCCCCCCCCCCC)COC(=O)CCCCCCCCCCCCCCCCCCCCCCCCCCCCCC. The molecule has 0 rings (SSSR count). The zero-order valence-electron chi connectivity index (χ0n) is 53.9. The highest BCUT2D eigenvalue weighted by molar-refractivity contribution is 5.71. The number of esters is 3. The van der Waals surface area contributed by atoms with E-state index in [4.69, 9.17) is 14.2 Å². The highest BCUT2D eigenvalue weighted by Gasteiger charge is 2.19. The van der Waals surface area contributed by atoms with Crippen LogP contribution in [0.5, 0.6) is 0 Å². The third kappa shape index (κ3) is 66.2. The standard InChI is InChI=1S/C74H136O6/c1-4-7-10-13-16-19-22-25-28-31-32-33-34-35-36-37-38-39-40-41-44-46-49-52-55-58-61-64-67-73(76)79-70-71(80-74(77)68-65-62-59-56-53-50-47-43-30-27-24-21-18-15-12-9-6-3)69-78-72(75)66-63-60-57-54-51-48-45-42-29-26-23-20-17-14-11-8-5-2/h9,12,18,21,27,30,47,50,71H,4-8,10-11,13-17,19-20,22-26,28-29,31-46,48-49,51-70H2,1-3H3/b12-9-,21-18-,30-27-,50-47-. The molecule has 0 aliphatic heterocycles. The smallest absolute Gasteiger partial charge is 0.306 e. The number of unbranched alkanes of at least 4 members (excludes halogenated alkanes) is 47. The van der Waals surface area contributed by atoms with Gasteiger partial charge in [-0.05, 0) is 57.8 Å². The number of ether oxygens (including phenoxy) is 3. The Bertz CT molecular complexity index is 1380. The molecule has 0 spiro atoms. The van der Waals surface area contributed by atoms with Crippen molar-refractivity contribution in [2.75, 3.05) is 13.2 Å². The summed E-state index contributed by atoms with van der Waals surface area (Å²) in [4.78, 5) is 38.4. The van der Waals surface area contributed by atoms with Crippen LogP contribution in [0.4, 0.5) is 0 Å². The van der Waals surface area contributed by atoms with Gasteiger partial charge < -0.3 is 14.2 Å². The first-order chi connectivity index (χ1) is 39.5. The van der Waals surface area contributed by atoms with Gasteiger partial charge in [0.1, 0.15) is 13.2 Å². The molecule has 6 heteroatoms. The number of hydrogen-bond acceptors (Lipinski definition) is 6. The molecule has 0 aromatic rings. The first-order valence-electron chi connectivity index (χ1n) is 35.6. The number of carbonyl (C=O) groups excluding carboxylic acids is 3. The van der Waals surface area contributed by atoms with Crippen molar-refractivity contribution in [2.24, 2.45) is 0 Å². The Kier molecular flexibility index (Phi) is 66.6. The molecular formula is C74H136O6. The molecule has 0 aliphatic carbocycles. The molecular weight excluding hydrogens is 985 g/mol. The molecule has 1 unspecified atom stereocenters. The van der Waals surface area contributed by atoms with E-state index in [0.717, 1.165) is 96.3 Å². The topological polar surface area (TPSA) is 78.9 Å². The van der Waals surface area contributed by atoms with Gasteiger partial charge in [-0.15, -0.1) is 0 Å². The van der Waals surface area contributed by atoms with E-state index in [0.29, 0.717) is 19.3 Å². The molecule has 0 aromatic heterocycles. The van der Waals surface area contributed by atoms with Crippen molar-refractivity contribution in [3.63, 3.8) is 0 Å². The van der Waals surface area contributed by atoms with Crippen LogP contribution in [0.1, 0.15) is 387 Å². The fourth-order valence-corrected chi connectivity index (χ4v) is 10.8. The molecule has 0 radical (unpaired) electrons. The van der Waals surface area contributed by atoms with Gasteiger partial charge in [-0.3, -0.25) is 14.4 Å². The number of rotatable bonds is 66. The molecule has 0 saturated carbocycles. The van der Waals surface area contributed by atoms with E-state index >= 15 is 0 Å². The Morgan fingerprint density at radius 1 is 0.263 bits per heavy atom. The van der Waals surface area contributed by atoms with Gasteiger partial charge >= 0.3 is 17.9 Å². The first kappa shape index (κ1) is 77.4. The lowest BCUT2D eigenvalue weighted by Crippen LogP contribution is -2.30. The van der Waals surface area contributed by atoms with Crippen molar-refractivity contribution < 1.29 is 28.6 Å². The predicted molar refractivity (Wildman–Crippen MR) is 349 cm³/mol. The molecule has 1 atom stereocenters. The molecule has 6 nitrogen and oxygen atoms in total. The van der Waals surface area contributed by atoms with E-state index in [2.05, 4.69) is 69.4 Å². The summed E-state index contributed by atoms with van der Waals surface area (Å²) in [5.74, 6) is -0.874. The Hall–Kier alpha value is -2.63. The van der Waals surface area contributed by atoms with Gasteiger partial charge in [0.2, 0.25) is 0 Å². The summed E-state index contributed by atoms with van der Waals surface area (Å²) >= 11 is 0. The highest BCUT2D eigenvalue weighted by Crippen LogP contribution is 2.19. The van der Waals surface area contributed by atoms with Crippen LogP contribution in [-0.4, -0.2) is 37.2 Å². The van der Waals surface area contributed by atoms with Crippen LogP contribution < -0.4 is 0 Å². The van der Waals surface area contributed by atoms with E-state index in [1.165, 1.54) is 250 Å². The molecule has 468 valence electrons. The minimum Gasteiger partial charge on any atom is -0.462 e. The summed E-state index contributed by atoms with van der Waals surface area (Å²) in [6.07, 6.45) is 87.2. The van der Waals surface area contributed by atoms with Crippen molar-refractivity contribution in [2.45, 2.75) is 393 Å². The minimum absolute atomic E-state index is 0.0780. The van der Waals surface area contributed by atoms with E-state index in [1.807, 2.05) is 0 Å². The number of carbonyl (C=O) groups is 3. The van der Waals surface area contributed by atoms with Crippen LogP contribution in [-0.2, 0) is 28.6 Å². The molecule has 0 bridgehead atoms. The van der Waals surface area contributed by atoms with Crippen LogP contribution in [0.2, 0.25) is 0 Å². The molecule has 0 N–H and O–H groups in total. The normalized spacial score (nSPS) is 12.3. The summed E-state index contributed by atoms with van der Waals surface area (Å²) in [6, 6.07) is 0. The van der Waals surface area contributed by atoms with E-state index < -0.39 is 6.10 Å². The van der Waals surface area contributed by atoms with Crippen LogP contribution in [0.25, 0.3) is 0 Å². The lowest BCUT2D eigenvalue weighted by atomic mass is 10.0. The number of allylic oxidation sites excluding steroid dienone is 8. The minimum atomic E-state index is -0.784. The quantitative estimate of drug-likeness (QED) is 0.0261. The Morgan fingerprint density at radius 2 is 0.487 bits per heavy atom. The average Bonchev–Trinajstić information content (AvgIpc) is 3.46. The van der Waals surface area contributed by atoms with Gasteiger partial charge in [0, 0.05) is 19.3 Å². The fourth-order valence-electron chi connectivity index (χ4n) is 10.8. The summed E-state index contributed by atoms with van der Waals surface area (Å²) < 4.78 is 17.0. The Balaban J connectivity index is 4.24. The average molecular weight is 1120 g/mol. The Labute approximate surface area is 498 Å². The summed E-state index contributed by atoms with van der Waals surface area (Å²) in [5.41, 5.74) is 0. The van der Waals surface area contributed by atoms with Crippen molar-refractivity contribution in [3.8, 4) is 0 Å². The molecule has 80 heavy (non-hydrogen) atoms. The largest absolute Gasteiger partial charge is 0.462 e. The maximum Gasteiger partial charge on any atom is 0.306 e. The molecule has 0 heterocycles. The zero-order chi connectivity index (χ0) is 57.8. The zero-order valence-corrected chi connectivity index (χ0v) is 53.9. The first-order valence-corrected chi connectivity index (χ1v) is 35.6. The van der Waals surface area contributed by atoms with Gasteiger partial charge in [-0.1, -0.05) is 358 Å². The van der Waals surface area contributed by atoms with Crippen molar-refractivity contribution in [1.29, 1.82) is 0 Å².